The average molecular weight is 241 g/mol. The lowest BCUT2D eigenvalue weighted by molar-refractivity contribution is -0.121. The van der Waals surface area contributed by atoms with E-state index in [1.165, 1.54) is 0 Å². The fourth-order valence-corrected chi connectivity index (χ4v) is 2.33. The number of amides is 1. The van der Waals surface area contributed by atoms with E-state index in [-0.39, 0.29) is 18.0 Å². The molecule has 4 nitrogen and oxygen atoms in total. The summed E-state index contributed by atoms with van der Waals surface area (Å²) in [4.78, 5) is 15.5. The van der Waals surface area contributed by atoms with E-state index in [9.17, 15) is 4.79 Å². The normalized spacial score (nSPS) is 14.4. The van der Waals surface area contributed by atoms with Gasteiger partial charge in [-0.05, 0) is 13.3 Å². The van der Waals surface area contributed by atoms with Crippen LogP contribution in [0, 0.1) is 0 Å². The second-order valence-electron chi connectivity index (χ2n) is 3.78. The maximum atomic E-state index is 11.2. The monoisotopic (exact) mass is 241 g/mol. The van der Waals surface area contributed by atoms with Crippen molar-refractivity contribution in [2.75, 3.05) is 7.05 Å². The van der Waals surface area contributed by atoms with Gasteiger partial charge in [-0.25, -0.2) is 4.98 Å². The van der Waals surface area contributed by atoms with E-state index >= 15 is 0 Å². The van der Waals surface area contributed by atoms with Crippen LogP contribution in [0.4, 0.5) is 0 Å². The summed E-state index contributed by atoms with van der Waals surface area (Å²) in [6.07, 6.45) is 3.29. The zero-order chi connectivity index (χ0) is 12.0. The molecule has 1 aromatic rings. The maximum absolute atomic E-state index is 11.2. The zero-order valence-electron chi connectivity index (χ0n) is 9.99. The van der Waals surface area contributed by atoms with Gasteiger partial charge in [0.2, 0.25) is 5.91 Å². The smallest absolute Gasteiger partial charge is 0.221 e. The van der Waals surface area contributed by atoms with Gasteiger partial charge in [-0.15, -0.1) is 11.3 Å². The van der Waals surface area contributed by atoms with Gasteiger partial charge in [-0.3, -0.25) is 4.79 Å². The number of rotatable bonds is 6. The highest BCUT2D eigenvalue weighted by molar-refractivity contribution is 7.09. The van der Waals surface area contributed by atoms with Gasteiger partial charge in [0, 0.05) is 31.1 Å². The number of hydrogen-bond acceptors (Lipinski definition) is 4. The van der Waals surface area contributed by atoms with Crippen molar-refractivity contribution in [3.63, 3.8) is 0 Å². The van der Waals surface area contributed by atoms with E-state index in [2.05, 4.69) is 22.5 Å². The van der Waals surface area contributed by atoms with Crippen LogP contribution in [-0.2, 0) is 4.79 Å². The van der Waals surface area contributed by atoms with E-state index in [1.54, 1.807) is 18.4 Å². The second kappa shape index (κ2) is 6.60. The Morgan fingerprint density at radius 2 is 2.38 bits per heavy atom. The molecule has 0 aromatic carbocycles. The van der Waals surface area contributed by atoms with Crippen molar-refractivity contribution in [1.82, 2.24) is 15.6 Å². The molecule has 0 fully saturated rings. The van der Waals surface area contributed by atoms with Crippen LogP contribution in [0.3, 0.4) is 0 Å². The van der Waals surface area contributed by atoms with Gasteiger partial charge < -0.3 is 10.6 Å². The average Bonchev–Trinajstić information content (AvgIpc) is 2.79. The van der Waals surface area contributed by atoms with Crippen molar-refractivity contribution in [3.05, 3.63) is 16.6 Å². The predicted molar refractivity (Wildman–Crippen MR) is 66.4 cm³/mol. The molecule has 2 unspecified atom stereocenters. The van der Waals surface area contributed by atoms with Gasteiger partial charge in [0.05, 0.1) is 6.04 Å². The molecule has 0 aliphatic rings. The van der Waals surface area contributed by atoms with Crippen molar-refractivity contribution >= 4 is 17.2 Å². The van der Waals surface area contributed by atoms with Crippen molar-refractivity contribution < 1.29 is 4.79 Å². The van der Waals surface area contributed by atoms with Crippen LogP contribution in [-0.4, -0.2) is 24.0 Å². The molecule has 1 rings (SSSR count). The van der Waals surface area contributed by atoms with Crippen LogP contribution >= 0.6 is 11.3 Å². The number of nitrogens with zero attached hydrogens (tertiary/aromatic N) is 1. The lowest BCUT2D eigenvalue weighted by atomic mass is 10.1. The minimum atomic E-state index is 0.0639. The van der Waals surface area contributed by atoms with Crippen LogP contribution in [0.2, 0.25) is 0 Å². The molecule has 1 heterocycles. The first-order valence-corrected chi connectivity index (χ1v) is 6.41. The SMILES string of the molecule is CCC(NC(C)CC(=O)NC)c1nccs1. The molecule has 2 atom stereocenters. The molecule has 0 saturated carbocycles. The Balaban J connectivity index is 2.47. The molecule has 16 heavy (non-hydrogen) atoms. The fraction of sp³-hybridized carbons (Fsp3) is 0.636. The first kappa shape index (κ1) is 13.1. The summed E-state index contributed by atoms with van der Waals surface area (Å²) < 4.78 is 0. The van der Waals surface area contributed by atoms with Crippen LogP contribution in [0.15, 0.2) is 11.6 Å². The van der Waals surface area contributed by atoms with Gasteiger partial charge in [0.25, 0.3) is 0 Å². The third-order valence-electron chi connectivity index (χ3n) is 2.41. The molecular weight excluding hydrogens is 222 g/mol. The van der Waals surface area contributed by atoms with E-state index in [4.69, 9.17) is 0 Å². The third kappa shape index (κ3) is 3.90. The Morgan fingerprint density at radius 3 is 2.88 bits per heavy atom. The Labute approximate surface area is 100 Å². The molecule has 5 heteroatoms. The highest BCUT2D eigenvalue weighted by Crippen LogP contribution is 2.19. The Bertz CT molecular complexity index is 313. The highest BCUT2D eigenvalue weighted by atomic mass is 32.1. The lowest BCUT2D eigenvalue weighted by Gasteiger charge is -2.19. The number of carbonyl (C=O) groups excluding carboxylic acids is 1. The molecule has 2 N–H and O–H groups in total. The van der Waals surface area contributed by atoms with Crippen LogP contribution < -0.4 is 10.6 Å². The van der Waals surface area contributed by atoms with Gasteiger partial charge in [-0.2, -0.15) is 0 Å². The van der Waals surface area contributed by atoms with Crippen molar-refractivity contribution in [2.24, 2.45) is 0 Å². The number of carbonyl (C=O) groups is 1. The van der Waals surface area contributed by atoms with E-state index < -0.39 is 0 Å². The Morgan fingerprint density at radius 1 is 1.62 bits per heavy atom. The number of nitrogens with one attached hydrogen (secondary N) is 2. The van der Waals surface area contributed by atoms with Gasteiger partial charge >= 0.3 is 0 Å². The van der Waals surface area contributed by atoms with Crippen molar-refractivity contribution in [2.45, 2.75) is 38.8 Å². The standard InChI is InChI=1S/C11H19N3OS/c1-4-9(11-13-5-6-16-11)14-8(2)7-10(15)12-3/h5-6,8-9,14H,4,7H2,1-3H3,(H,12,15). The minimum Gasteiger partial charge on any atom is -0.359 e. The van der Waals surface area contributed by atoms with Crippen molar-refractivity contribution in [1.29, 1.82) is 0 Å². The second-order valence-corrected chi connectivity index (χ2v) is 4.70. The van der Waals surface area contributed by atoms with Crippen LogP contribution in [0.25, 0.3) is 0 Å². The quantitative estimate of drug-likeness (QED) is 0.797. The van der Waals surface area contributed by atoms with Gasteiger partial charge in [0.15, 0.2) is 0 Å². The predicted octanol–water partition coefficient (Wildman–Crippen LogP) is 1.71. The molecule has 0 radical (unpaired) electrons. The molecule has 0 saturated heterocycles. The van der Waals surface area contributed by atoms with Crippen LogP contribution in [0.5, 0.6) is 0 Å². The third-order valence-corrected chi connectivity index (χ3v) is 3.30. The minimum absolute atomic E-state index is 0.0639. The van der Waals surface area contributed by atoms with Gasteiger partial charge in [-0.1, -0.05) is 6.92 Å². The number of thiazole rings is 1. The zero-order valence-corrected chi connectivity index (χ0v) is 10.8. The summed E-state index contributed by atoms with van der Waals surface area (Å²) in [6.45, 7) is 4.14. The molecule has 0 aliphatic carbocycles. The lowest BCUT2D eigenvalue weighted by Crippen LogP contribution is -2.34. The molecular formula is C11H19N3OS. The summed E-state index contributed by atoms with van der Waals surface area (Å²) in [6, 6.07) is 0.411. The summed E-state index contributed by atoms with van der Waals surface area (Å²) in [5.41, 5.74) is 0. The highest BCUT2D eigenvalue weighted by Gasteiger charge is 2.16. The topological polar surface area (TPSA) is 54.0 Å². The van der Waals surface area contributed by atoms with E-state index in [0.717, 1.165) is 11.4 Å². The molecule has 0 aliphatic heterocycles. The number of aromatic nitrogens is 1. The van der Waals surface area contributed by atoms with Crippen molar-refractivity contribution in [3.8, 4) is 0 Å². The first-order chi connectivity index (χ1) is 7.67. The Hall–Kier alpha value is -0.940. The molecule has 1 amide bonds. The summed E-state index contributed by atoms with van der Waals surface area (Å²) >= 11 is 1.65. The molecule has 0 spiro atoms. The van der Waals surface area contributed by atoms with E-state index in [1.807, 2.05) is 18.5 Å². The summed E-state index contributed by atoms with van der Waals surface area (Å²) in [5.74, 6) is 0.0639. The number of hydrogen-bond donors (Lipinski definition) is 2. The maximum Gasteiger partial charge on any atom is 0.221 e. The largest absolute Gasteiger partial charge is 0.359 e. The first-order valence-electron chi connectivity index (χ1n) is 5.53. The Kier molecular flexibility index (Phi) is 5.42. The summed E-state index contributed by atoms with van der Waals surface area (Å²) in [5, 5.41) is 9.12. The fourth-order valence-electron chi connectivity index (χ4n) is 1.55. The molecule has 90 valence electrons. The van der Waals surface area contributed by atoms with Gasteiger partial charge in [0.1, 0.15) is 5.01 Å². The molecule has 1 aromatic heterocycles. The van der Waals surface area contributed by atoms with Crippen LogP contribution in [0.1, 0.15) is 37.7 Å². The summed E-state index contributed by atoms with van der Waals surface area (Å²) in [7, 11) is 1.66. The molecule has 0 bridgehead atoms. The van der Waals surface area contributed by atoms with E-state index in [0.29, 0.717) is 6.42 Å².